The van der Waals surface area contributed by atoms with Crippen LogP contribution in [0.25, 0.3) is 22.2 Å². The molecule has 0 saturated carbocycles. The molecule has 3 aromatic carbocycles. The molecule has 0 amide bonds. The summed E-state index contributed by atoms with van der Waals surface area (Å²) in [6.45, 7) is 3.73. The van der Waals surface area contributed by atoms with Crippen molar-refractivity contribution in [2.24, 2.45) is 0 Å². The number of benzene rings is 3. The summed E-state index contributed by atoms with van der Waals surface area (Å²) in [5, 5.41) is 5.37. The van der Waals surface area contributed by atoms with Gasteiger partial charge in [-0.05, 0) is 24.1 Å². The summed E-state index contributed by atoms with van der Waals surface area (Å²) in [7, 11) is 0. The highest BCUT2D eigenvalue weighted by Gasteiger charge is 2.42. The molecule has 0 unspecified atom stereocenters. The maximum atomic E-state index is 14.0. The number of carbonyl (C=O) groups is 1. The van der Waals surface area contributed by atoms with E-state index in [0.717, 1.165) is 72.4 Å². The van der Waals surface area contributed by atoms with Crippen molar-refractivity contribution >= 4 is 33.7 Å². The highest BCUT2D eigenvalue weighted by Crippen LogP contribution is 2.49. The molecule has 2 fully saturated rings. The van der Waals surface area contributed by atoms with E-state index in [0.29, 0.717) is 30.1 Å². The minimum atomic E-state index is -0.457. The summed E-state index contributed by atoms with van der Waals surface area (Å²) in [6, 6.07) is 18.3. The number of fused-ring (bicyclic) bond motifs is 3. The van der Waals surface area contributed by atoms with Gasteiger partial charge in [0, 0.05) is 49.3 Å². The second kappa shape index (κ2) is 7.41. The standard InChI is InChI=1S/C29H25N3O4/c33-27-19-6-2-3-7-20(19)28-25-24(27)22(32-12-9-18-5-1-4-8-21(18)32)17-23(26(25)30-36-28)31-13-10-29(11-14-31)34-15-16-35-29/h1-8,17H,9-16H2. The van der Waals surface area contributed by atoms with Crippen molar-refractivity contribution in [3.63, 3.8) is 0 Å². The fourth-order valence-corrected chi connectivity index (χ4v) is 6.44. The Kier molecular flexibility index (Phi) is 4.22. The minimum Gasteiger partial charge on any atom is -0.369 e. The number of rotatable bonds is 2. The summed E-state index contributed by atoms with van der Waals surface area (Å²) < 4.78 is 17.9. The Hall–Kier alpha value is -3.68. The van der Waals surface area contributed by atoms with Gasteiger partial charge in [-0.3, -0.25) is 4.79 Å². The van der Waals surface area contributed by atoms with Crippen molar-refractivity contribution in [2.75, 3.05) is 42.6 Å². The molecule has 0 atom stereocenters. The normalized spacial score (nSPS) is 19.8. The van der Waals surface area contributed by atoms with Gasteiger partial charge in [0.2, 0.25) is 0 Å². The third-order valence-electron chi connectivity index (χ3n) is 8.22. The number of para-hydroxylation sites is 1. The topological polar surface area (TPSA) is 68.0 Å². The van der Waals surface area contributed by atoms with Crippen LogP contribution in [-0.4, -0.2) is 49.6 Å². The lowest BCUT2D eigenvalue weighted by Crippen LogP contribution is -2.45. The van der Waals surface area contributed by atoms with Crippen LogP contribution >= 0.6 is 0 Å². The second-order valence-electron chi connectivity index (χ2n) is 10.0. The largest absolute Gasteiger partial charge is 0.369 e. The third kappa shape index (κ3) is 2.75. The fraction of sp³-hybridized carbons (Fsp3) is 0.310. The Morgan fingerprint density at radius 1 is 0.833 bits per heavy atom. The van der Waals surface area contributed by atoms with Crippen molar-refractivity contribution in [3.8, 4) is 11.3 Å². The molecule has 0 radical (unpaired) electrons. The summed E-state index contributed by atoms with van der Waals surface area (Å²) in [5.41, 5.74) is 7.32. The SMILES string of the molecule is O=C1c2ccccc2-c2onc3c(N4CCC5(CC4)OCCO5)cc(N4CCc5ccccc54)c1c23. The van der Waals surface area contributed by atoms with Crippen molar-refractivity contribution in [2.45, 2.75) is 25.0 Å². The van der Waals surface area contributed by atoms with Gasteiger partial charge < -0.3 is 23.8 Å². The third-order valence-corrected chi connectivity index (χ3v) is 8.22. The molecular weight excluding hydrogens is 454 g/mol. The van der Waals surface area contributed by atoms with Gasteiger partial charge in [-0.1, -0.05) is 47.6 Å². The average Bonchev–Trinajstić information content (AvgIpc) is 3.67. The van der Waals surface area contributed by atoms with E-state index >= 15 is 0 Å². The molecule has 3 aliphatic heterocycles. The zero-order valence-electron chi connectivity index (χ0n) is 19.8. The molecule has 0 N–H and O–H groups in total. The molecule has 180 valence electrons. The summed E-state index contributed by atoms with van der Waals surface area (Å²) >= 11 is 0. The first kappa shape index (κ1) is 20.5. The number of carbonyl (C=O) groups excluding carboxylic acids is 1. The van der Waals surface area contributed by atoms with Crippen LogP contribution in [0.4, 0.5) is 17.1 Å². The van der Waals surface area contributed by atoms with Crippen LogP contribution in [0.3, 0.4) is 0 Å². The molecule has 4 heterocycles. The van der Waals surface area contributed by atoms with Gasteiger partial charge in [-0.15, -0.1) is 0 Å². The molecule has 1 aromatic heterocycles. The van der Waals surface area contributed by atoms with Crippen LogP contribution in [0.15, 0.2) is 59.1 Å². The van der Waals surface area contributed by atoms with E-state index in [-0.39, 0.29) is 5.78 Å². The van der Waals surface area contributed by atoms with Crippen LogP contribution < -0.4 is 9.80 Å². The van der Waals surface area contributed by atoms with Crippen LogP contribution in [0.2, 0.25) is 0 Å². The zero-order valence-corrected chi connectivity index (χ0v) is 19.8. The molecule has 1 aliphatic carbocycles. The Bertz CT molecular complexity index is 1540. The van der Waals surface area contributed by atoms with Gasteiger partial charge in [0.15, 0.2) is 17.3 Å². The average molecular weight is 480 g/mol. The van der Waals surface area contributed by atoms with Gasteiger partial charge >= 0.3 is 0 Å². The van der Waals surface area contributed by atoms with Crippen molar-refractivity contribution < 1.29 is 18.8 Å². The number of ketones is 1. The van der Waals surface area contributed by atoms with E-state index < -0.39 is 5.79 Å². The van der Waals surface area contributed by atoms with Crippen molar-refractivity contribution in [1.29, 1.82) is 0 Å². The molecule has 7 nitrogen and oxygen atoms in total. The fourth-order valence-electron chi connectivity index (χ4n) is 6.44. The van der Waals surface area contributed by atoms with Gasteiger partial charge in [0.25, 0.3) is 0 Å². The monoisotopic (exact) mass is 479 g/mol. The lowest BCUT2D eigenvalue weighted by Gasteiger charge is -2.39. The molecule has 7 heteroatoms. The van der Waals surface area contributed by atoms with Gasteiger partial charge in [0.05, 0.1) is 35.5 Å². The highest BCUT2D eigenvalue weighted by molar-refractivity contribution is 6.29. The number of ether oxygens (including phenoxy) is 2. The lowest BCUT2D eigenvalue weighted by atomic mass is 9.86. The van der Waals surface area contributed by atoms with E-state index in [1.807, 2.05) is 24.3 Å². The van der Waals surface area contributed by atoms with Gasteiger partial charge in [-0.25, -0.2) is 0 Å². The van der Waals surface area contributed by atoms with E-state index in [4.69, 9.17) is 14.0 Å². The Morgan fingerprint density at radius 3 is 2.42 bits per heavy atom. The van der Waals surface area contributed by atoms with Gasteiger partial charge in [-0.2, -0.15) is 0 Å². The van der Waals surface area contributed by atoms with Crippen molar-refractivity contribution in [3.05, 3.63) is 71.3 Å². The molecule has 1 spiro atoms. The molecule has 2 saturated heterocycles. The number of nitrogens with zero attached hydrogens (tertiary/aromatic N) is 3. The number of hydrogen-bond donors (Lipinski definition) is 0. The van der Waals surface area contributed by atoms with E-state index in [1.165, 1.54) is 5.56 Å². The van der Waals surface area contributed by atoms with Gasteiger partial charge in [0.1, 0.15) is 5.52 Å². The summed E-state index contributed by atoms with van der Waals surface area (Å²) in [6.07, 6.45) is 2.54. The predicted molar refractivity (Wildman–Crippen MR) is 136 cm³/mol. The van der Waals surface area contributed by atoms with Crippen LogP contribution in [-0.2, 0) is 15.9 Å². The van der Waals surface area contributed by atoms with Crippen molar-refractivity contribution in [1.82, 2.24) is 5.16 Å². The smallest absolute Gasteiger partial charge is 0.196 e. The Morgan fingerprint density at radius 2 is 1.58 bits per heavy atom. The molecule has 4 aromatic rings. The molecule has 36 heavy (non-hydrogen) atoms. The first-order valence-electron chi connectivity index (χ1n) is 12.7. The molecule has 4 aliphatic rings. The zero-order chi connectivity index (χ0) is 23.9. The first-order chi connectivity index (χ1) is 17.7. The maximum Gasteiger partial charge on any atom is 0.196 e. The molecular formula is C29H25N3O4. The number of aromatic nitrogens is 1. The summed E-state index contributed by atoms with van der Waals surface area (Å²) in [4.78, 5) is 18.6. The highest BCUT2D eigenvalue weighted by atomic mass is 16.7. The van der Waals surface area contributed by atoms with Crippen LogP contribution in [0.1, 0.15) is 34.3 Å². The lowest BCUT2D eigenvalue weighted by molar-refractivity contribution is -0.169. The van der Waals surface area contributed by atoms with Crippen LogP contribution in [0.5, 0.6) is 0 Å². The predicted octanol–water partition coefficient (Wildman–Crippen LogP) is 5.08. The van der Waals surface area contributed by atoms with E-state index in [2.05, 4.69) is 45.3 Å². The molecule has 0 bridgehead atoms. The molecule has 8 rings (SSSR count). The van der Waals surface area contributed by atoms with E-state index in [1.54, 1.807) is 0 Å². The summed E-state index contributed by atoms with van der Waals surface area (Å²) in [5.74, 6) is 0.256. The first-order valence-corrected chi connectivity index (χ1v) is 12.7. The maximum absolute atomic E-state index is 14.0. The second-order valence-corrected chi connectivity index (χ2v) is 10.0. The minimum absolute atomic E-state index is 0.0302. The quantitative estimate of drug-likeness (QED) is 0.350. The van der Waals surface area contributed by atoms with Crippen LogP contribution in [0, 0.1) is 0 Å². The number of anilines is 3. The van der Waals surface area contributed by atoms with E-state index in [9.17, 15) is 4.79 Å². The number of piperidine rings is 1. The number of hydrogen-bond acceptors (Lipinski definition) is 7. The Balaban J connectivity index is 1.34. The Labute approximate surface area is 208 Å².